The molecule has 818 valence electrons. The lowest BCUT2D eigenvalue weighted by atomic mass is 9.93. The van der Waals surface area contributed by atoms with E-state index < -0.39 is 445 Å². The summed E-state index contributed by atoms with van der Waals surface area (Å²) in [5, 5.41) is 327. The molecule has 11 heterocycles. The number of rotatable bonds is 37. The standard InChI is InChI=1S/C80H133N7O55/c1-19-44(102)58(116)60(118)77(125-19)123-17-35-65(56(114)37(70(121)126-35)81-20(2)95)137-76-43(87-26(8)101)57(115)63(32(14-93)132-76)138-78-62(120)67(140-80-68(141-74-41(85-24(6)99)54(112)48(106)30(12-91)130-74)59(117)50(108)34(134-80)16-122-71-38(82-21(3)96)51(109)45(103)27(9-88)127-71)66(139-73-40(84-23(5)98)53(111)47(105)29(11-90)129-73)36(135-78)18-124-79-69(142-75-42(86-25(7)100)55(113)49(107)31(13-92)131-75)61(119)64(33(15-94)133-79)136-72-39(83-22(4)97)52(110)46(104)28(10-89)128-72/h19,27-80,88-94,102-121H,9-18H2,1-8H3,(H,81,95)(H,82,96)(H,83,97)(H,84,98)(H,85,99)(H,86,100)(H,87,101)/t19-,27+,28+,29+,30+,31+,32+,33+,34+,35+,36+,37+,38+,39+,40+,41-,42+,43+,44+,45+,46+,47+,48+,49+,50+,51+,52+,53+,54+,55+,56+,57+,58+,59-,60-,61-,62-,63+,64+,65+,66+,67+,68-,69-,70+,71+,72-,73-,74-,75-,76-,77+,78-,79-,80+/m0/s1. The Labute approximate surface area is 805 Å². The maximum Gasteiger partial charge on any atom is 0.217 e. The molecule has 62 nitrogen and oxygen atoms in total. The van der Waals surface area contributed by atoms with Gasteiger partial charge in [0.05, 0.1) is 72.2 Å². The van der Waals surface area contributed by atoms with Crippen LogP contribution < -0.4 is 37.2 Å². The average Bonchev–Trinajstić information content (AvgIpc) is 0.752. The first kappa shape index (κ1) is 117. The molecule has 11 fully saturated rings. The van der Waals surface area contributed by atoms with Crippen LogP contribution in [0.4, 0.5) is 0 Å². The Balaban J connectivity index is 1.08. The van der Waals surface area contributed by atoms with Crippen LogP contribution in [0.3, 0.4) is 0 Å². The molecule has 142 heavy (non-hydrogen) atoms. The van der Waals surface area contributed by atoms with E-state index in [1.165, 1.54) is 6.92 Å². The molecule has 0 saturated carbocycles. The predicted octanol–water partition coefficient (Wildman–Crippen LogP) is -22.9. The van der Waals surface area contributed by atoms with Gasteiger partial charge in [0.25, 0.3) is 0 Å². The number of nitrogens with one attached hydrogen (secondary N) is 7. The van der Waals surface area contributed by atoms with Crippen molar-refractivity contribution in [3.63, 3.8) is 0 Å². The van der Waals surface area contributed by atoms with Gasteiger partial charge in [0, 0.05) is 48.5 Å². The number of hydrogen-bond acceptors (Lipinski definition) is 55. The number of amides is 7. The van der Waals surface area contributed by atoms with E-state index in [1.54, 1.807) is 0 Å². The smallest absolute Gasteiger partial charge is 0.217 e. The summed E-state index contributed by atoms with van der Waals surface area (Å²) >= 11 is 0. The van der Waals surface area contributed by atoms with Crippen molar-refractivity contribution in [3.8, 4) is 0 Å². The topological polar surface area (TPSA) is 944 Å². The van der Waals surface area contributed by atoms with Gasteiger partial charge in [0.15, 0.2) is 69.2 Å². The highest BCUT2D eigenvalue weighted by atomic mass is 16.8. The van der Waals surface area contributed by atoms with Crippen molar-refractivity contribution in [1.82, 2.24) is 37.2 Å². The Morgan fingerprint density at radius 1 is 0.197 bits per heavy atom. The third-order valence-electron chi connectivity index (χ3n) is 25.7. The molecular formula is C80H133N7O55. The van der Waals surface area contributed by atoms with E-state index in [0.717, 1.165) is 48.5 Å². The Morgan fingerprint density at radius 3 is 0.838 bits per heavy atom. The van der Waals surface area contributed by atoms with Crippen molar-refractivity contribution in [2.75, 3.05) is 66.1 Å². The molecule has 11 aliphatic rings. The maximum atomic E-state index is 13.8. The summed E-state index contributed by atoms with van der Waals surface area (Å²) in [4.78, 5) is 91.4. The molecule has 0 bridgehead atoms. The van der Waals surface area contributed by atoms with Crippen LogP contribution in [0.2, 0.25) is 0 Å². The van der Waals surface area contributed by atoms with Crippen molar-refractivity contribution in [3.05, 3.63) is 0 Å². The zero-order valence-electron chi connectivity index (χ0n) is 77.3. The molecular weight excluding hydrogens is 1940 g/mol. The molecule has 0 aliphatic carbocycles. The summed E-state index contributed by atoms with van der Waals surface area (Å²) in [6, 6.07) is -13.8. The van der Waals surface area contributed by atoms with Gasteiger partial charge in [0.2, 0.25) is 41.4 Å². The monoisotopic (exact) mass is 2070 g/mol. The van der Waals surface area contributed by atoms with Crippen molar-refractivity contribution >= 4 is 41.4 Å². The Kier molecular flexibility index (Phi) is 42.1. The molecule has 62 heteroatoms. The van der Waals surface area contributed by atoms with Crippen LogP contribution in [0.1, 0.15) is 55.4 Å². The lowest BCUT2D eigenvalue weighted by Gasteiger charge is -2.52. The van der Waals surface area contributed by atoms with Gasteiger partial charge in [-0.25, -0.2) is 0 Å². The third-order valence-corrected chi connectivity index (χ3v) is 25.7. The van der Waals surface area contributed by atoms with Crippen molar-refractivity contribution in [2.24, 2.45) is 0 Å². The molecule has 11 rings (SSSR count). The van der Waals surface area contributed by atoms with Crippen LogP contribution in [-0.4, -0.2) is 583 Å². The van der Waals surface area contributed by atoms with E-state index in [4.69, 9.17) is 99.5 Å². The summed E-state index contributed by atoms with van der Waals surface area (Å²) in [6.45, 7) is -4.24. The summed E-state index contributed by atoms with van der Waals surface area (Å²) in [7, 11) is 0. The third kappa shape index (κ3) is 26.7. The fraction of sp³-hybridized carbons (Fsp3) is 0.912. The van der Waals surface area contributed by atoms with Gasteiger partial charge in [-0.2, -0.15) is 0 Å². The second kappa shape index (κ2) is 51.3. The molecule has 0 aromatic rings. The van der Waals surface area contributed by atoms with Crippen molar-refractivity contribution in [1.29, 1.82) is 0 Å². The van der Waals surface area contributed by atoms with E-state index in [9.17, 15) is 171 Å². The fourth-order valence-corrected chi connectivity index (χ4v) is 18.4. The minimum absolute atomic E-state index is 0.874. The summed E-state index contributed by atoms with van der Waals surface area (Å²) in [6.07, 6.45) is -106. The van der Waals surface area contributed by atoms with Gasteiger partial charge in [-0.1, -0.05) is 0 Å². The average molecular weight is 2070 g/mol. The normalized spacial score (nSPS) is 47.5. The van der Waals surface area contributed by atoms with Gasteiger partial charge in [-0.3, -0.25) is 33.6 Å². The number of aliphatic hydroxyl groups is 27. The highest BCUT2D eigenvalue weighted by Gasteiger charge is 2.63. The van der Waals surface area contributed by atoms with Gasteiger partial charge >= 0.3 is 0 Å². The zero-order valence-corrected chi connectivity index (χ0v) is 77.3. The molecule has 0 unspecified atom stereocenters. The number of carbonyl (C=O) groups excluding carboxylic acids is 7. The maximum absolute atomic E-state index is 13.8. The van der Waals surface area contributed by atoms with Crippen LogP contribution in [-0.2, 0) is 133 Å². The fourth-order valence-electron chi connectivity index (χ4n) is 18.4. The van der Waals surface area contributed by atoms with E-state index in [-0.39, 0.29) is 0 Å². The quantitative estimate of drug-likeness (QED) is 0.0275. The minimum atomic E-state index is -2.90. The van der Waals surface area contributed by atoms with E-state index in [2.05, 4.69) is 37.2 Å². The largest absolute Gasteiger partial charge is 0.394 e. The Bertz CT molecular complexity index is 4030. The molecule has 11 saturated heterocycles. The van der Waals surface area contributed by atoms with Crippen molar-refractivity contribution < 1.29 is 271 Å². The lowest BCUT2D eigenvalue weighted by molar-refractivity contribution is -0.409. The zero-order chi connectivity index (χ0) is 105. The molecule has 7 amide bonds. The predicted molar refractivity (Wildman–Crippen MR) is 442 cm³/mol. The Morgan fingerprint density at radius 2 is 0.451 bits per heavy atom. The van der Waals surface area contributed by atoms with Crippen LogP contribution >= 0.6 is 0 Å². The summed E-state index contributed by atoms with van der Waals surface area (Å²) in [5.41, 5.74) is 0. The van der Waals surface area contributed by atoms with Crippen LogP contribution in [0, 0.1) is 0 Å². The molecule has 0 aromatic carbocycles. The molecule has 0 aromatic heterocycles. The molecule has 55 atom stereocenters. The van der Waals surface area contributed by atoms with Gasteiger partial charge in [-0.05, 0) is 6.92 Å². The molecule has 0 spiro atoms. The van der Waals surface area contributed by atoms with Crippen LogP contribution in [0.5, 0.6) is 0 Å². The second-order valence-corrected chi connectivity index (χ2v) is 36.0. The minimum Gasteiger partial charge on any atom is -0.394 e. The highest BCUT2D eigenvalue weighted by Crippen LogP contribution is 2.43. The van der Waals surface area contributed by atoms with E-state index in [0.29, 0.717) is 0 Å². The highest BCUT2D eigenvalue weighted by molar-refractivity contribution is 5.75. The van der Waals surface area contributed by atoms with Crippen molar-refractivity contribution in [2.45, 2.75) is 393 Å². The second-order valence-electron chi connectivity index (χ2n) is 36.0. The number of aliphatic hydroxyl groups excluding tert-OH is 27. The van der Waals surface area contributed by atoms with Crippen LogP contribution in [0.25, 0.3) is 0 Å². The van der Waals surface area contributed by atoms with E-state index >= 15 is 0 Å². The van der Waals surface area contributed by atoms with Crippen LogP contribution in [0.15, 0.2) is 0 Å². The van der Waals surface area contributed by atoms with E-state index in [1.807, 2.05) is 0 Å². The molecule has 11 aliphatic heterocycles. The first-order valence-corrected chi connectivity index (χ1v) is 45.5. The molecule has 34 N–H and O–H groups in total. The first-order valence-electron chi connectivity index (χ1n) is 45.5. The SMILES string of the molecule is CC(=O)N[C@@H]1[C@H](O[C@@H]2[C@@H](O[C@@H]3[C@H](O)[C@H](O[C@H]4[C@H](O)[C@@H](NC(C)=O)[C@H](O[C@H]5[C@H](O)[C@@H](NC(C)=O)[C@H](O)O[C@@H]5CO[C@@H]5O[C@@H](C)[C@@H](O)[C@@H](O)[C@@H]5O)O[C@@H]4CO)O[C@H](CO[C@H]4O[C@H](CO)[C@@H](O[C@@H]5O[C@H](CO)[C@@H](O)[C@H](O)[C@H]5NC(C)=O)[C@H](O)[C@@H]4O[C@@H]4O[C@H](CO)[C@@H](O)[C@H](O)[C@H]4NC(C)=O)[C@H]3O[C@@H]3O[C@H](CO)[C@@H](O)[C@H](O)[C@H]3NC(C)=O)O[C@H](CO[C@@H]3O[C@H](CO)[C@@H](O)[C@H](O)[C@H]3NC(C)=O)[C@@H](O)[C@@H]2O)O[C@H](CO)[C@@H](O)[C@@H]1O. The first-order chi connectivity index (χ1) is 67.0. The van der Waals surface area contributed by atoms with Gasteiger partial charge in [-0.15, -0.1) is 0 Å². The number of hydrogen-bond donors (Lipinski definition) is 34. The number of ether oxygens (including phenoxy) is 21. The molecule has 0 radical (unpaired) electrons. The Hall–Kier alpha value is -5.63. The number of carbonyl (C=O) groups is 7. The lowest BCUT2D eigenvalue weighted by Crippen LogP contribution is -2.72. The summed E-state index contributed by atoms with van der Waals surface area (Å²) < 4.78 is 130. The summed E-state index contributed by atoms with van der Waals surface area (Å²) in [5.74, 6) is -6.81. The van der Waals surface area contributed by atoms with Gasteiger partial charge < -0.3 is 275 Å². The van der Waals surface area contributed by atoms with Gasteiger partial charge in [0.1, 0.15) is 262 Å².